The third kappa shape index (κ3) is 14.4. The zero-order valence-electron chi connectivity index (χ0n) is 14.5. The molecule has 0 aliphatic heterocycles. The topological polar surface area (TPSA) is 18.5 Å². The van der Waals surface area contributed by atoms with Gasteiger partial charge >= 0.3 is 0 Å². The Balaban J connectivity index is 3.78. The van der Waals surface area contributed by atoms with Gasteiger partial charge in [-0.2, -0.15) is 0 Å². The van der Waals surface area contributed by atoms with Crippen molar-refractivity contribution in [1.29, 1.82) is 0 Å². The zero-order valence-corrected chi connectivity index (χ0v) is 14.5. The third-order valence-corrected chi connectivity index (χ3v) is 2.81. The van der Waals surface area contributed by atoms with Gasteiger partial charge in [-0.15, -0.1) is 0 Å². The maximum atomic E-state index is 4.93. The lowest BCUT2D eigenvalue weighted by atomic mass is 10.1. The van der Waals surface area contributed by atoms with Crippen LogP contribution >= 0.6 is 0 Å². The number of hydrogen-bond acceptors (Lipinski definition) is 2. The molecule has 22 heavy (non-hydrogen) atoms. The van der Waals surface area contributed by atoms with Crippen LogP contribution in [0.3, 0.4) is 0 Å². The van der Waals surface area contributed by atoms with Crippen molar-refractivity contribution in [2.75, 3.05) is 0 Å². The Labute approximate surface area is 136 Å². The highest BCUT2D eigenvalue weighted by molar-refractivity contribution is 5.14. The summed E-state index contributed by atoms with van der Waals surface area (Å²) in [5.41, 5.74) is 4.67. The smallest absolute Gasteiger partial charge is 0.143 e. The van der Waals surface area contributed by atoms with Crippen LogP contribution in [0.2, 0.25) is 0 Å². The van der Waals surface area contributed by atoms with Crippen LogP contribution in [0.1, 0.15) is 53.4 Å². The Kier molecular flexibility index (Phi) is 11.6. The quantitative estimate of drug-likeness (QED) is 0.107. The lowest BCUT2D eigenvalue weighted by molar-refractivity contribution is -0.195. The molecule has 0 saturated heterocycles. The second kappa shape index (κ2) is 12.8. The van der Waals surface area contributed by atoms with Crippen molar-refractivity contribution in [3.05, 3.63) is 72.3 Å². The van der Waals surface area contributed by atoms with Crippen molar-refractivity contribution in [2.45, 2.75) is 53.4 Å². The van der Waals surface area contributed by atoms with Crippen molar-refractivity contribution in [1.82, 2.24) is 0 Å². The summed E-state index contributed by atoms with van der Waals surface area (Å²) in [6.07, 6.45) is 14.9. The van der Waals surface area contributed by atoms with Crippen molar-refractivity contribution in [3.8, 4) is 0 Å². The molecule has 0 spiro atoms. The molecule has 0 aliphatic carbocycles. The molecule has 0 bridgehead atoms. The minimum Gasteiger partial charge on any atom is -0.299 e. The largest absolute Gasteiger partial charge is 0.299 e. The molecule has 0 aromatic carbocycles. The molecule has 0 N–H and O–H groups in total. The summed E-state index contributed by atoms with van der Waals surface area (Å²) >= 11 is 0. The molecule has 0 atom stereocenters. The molecule has 2 heteroatoms. The fraction of sp³-hybridized carbons (Fsp3) is 0.400. The maximum Gasteiger partial charge on any atom is 0.143 e. The molecule has 0 radical (unpaired) electrons. The monoisotopic (exact) mass is 302 g/mol. The van der Waals surface area contributed by atoms with Crippen molar-refractivity contribution < 1.29 is 9.78 Å². The van der Waals surface area contributed by atoms with Gasteiger partial charge in [0, 0.05) is 0 Å². The second-order valence-electron chi connectivity index (χ2n) is 5.75. The first-order valence-electron chi connectivity index (χ1n) is 7.69. The first-order chi connectivity index (χ1) is 10.4. The van der Waals surface area contributed by atoms with Gasteiger partial charge in [0.1, 0.15) is 12.5 Å². The molecular formula is C20H30O2. The fourth-order valence-corrected chi connectivity index (χ4v) is 1.57. The van der Waals surface area contributed by atoms with Crippen molar-refractivity contribution in [2.24, 2.45) is 0 Å². The van der Waals surface area contributed by atoms with E-state index in [1.54, 1.807) is 0 Å². The van der Waals surface area contributed by atoms with E-state index in [1.165, 1.54) is 23.7 Å². The van der Waals surface area contributed by atoms with Crippen LogP contribution in [0.4, 0.5) is 0 Å². The van der Waals surface area contributed by atoms with E-state index in [1.807, 2.05) is 12.2 Å². The van der Waals surface area contributed by atoms with E-state index in [-0.39, 0.29) is 0 Å². The Morgan fingerprint density at radius 3 is 1.41 bits per heavy atom. The summed E-state index contributed by atoms with van der Waals surface area (Å²) in [4.78, 5) is 9.86. The molecule has 0 aromatic rings. The van der Waals surface area contributed by atoms with Crippen molar-refractivity contribution in [3.63, 3.8) is 0 Å². The molecule has 0 amide bonds. The standard InChI is InChI=1S/C20H30O2/c1-17(2)9-7-11-19(5)13-15-21-22-16-14-20(6)12-8-10-18(3)4/h9-10,13-16H,5-8,11-12H2,1-4H3. The van der Waals surface area contributed by atoms with Crippen LogP contribution in [0, 0.1) is 0 Å². The predicted octanol–water partition coefficient (Wildman–Crippen LogP) is 6.57. The van der Waals surface area contributed by atoms with E-state index in [4.69, 9.17) is 9.78 Å². The van der Waals surface area contributed by atoms with E-state index in [0.29, 0.717) is 0 Å². The molecule has 0 rings (SSSR count). The van der Waals surface area contributed by atoms with Gasteiger partial charge in [0.2, 0.25) is 0 Å². The minimum atomic E-state index is 0.919. The SMILES string of the molecule is C=C(C=COOC=CC(=C)CCC=C(C)C)CCC=C(C)C. The van der Waals surface area contributed by atoms with Gasteiger partial charge in [-0.25, -0.2) is 0 Å². The van der Waals surface area contributed by atoms with Crippen LogP contribution in [-0.4, -0.2) is 0 Å². The van der Waals surface area contributed by atoms with E-state index in [2.05, 4.69) is 53.0 Å². The molecule has 2 nitrogen and oxygen atoms in total. The summed E-state index contributed by atoms with van der Waals surface area (Å²) in [6, 6.07) is 0. The summed E-state index contributed by atoms with van der Waals surface area (Å²) in [5, 5.41) is 0. The molecule has 0 fully saturated rings. The predicted molar refractivity (Wildman–Crippen MR) is 96.1 cm³/mol. The second-order valence-corrected chi connectivity index (χ2v) is 5.75. The first-order valence-corrected chi connectivity index (χ1v) is 7.69. The molecule has 122 valence electrons. The van der Waals surface area contributed by atoms with Crippen LogP contribution in [0.25, 0.3) is 0 Å². The molecule has 0 saturated carbocycles. The number of rotatable bonds is 11. The van der Waals surface area contributed by atoms with Gasteiger partial charge in [-0.3, -0.25) is 9.78 Å². The Morgan fingerprint density at radius 2 is 1.09 bits per heavy atom. The maximum absolute atomic E-state index is 4.93. The van der Waals surface area contributed by atoms with Gasteiger partial charge in [-0.05, 0) is 65.5 Å². The minimum absolute atomic E-state index is 0.919. The highest BCUT2D eigenvalue weighted by Crippen LogP contribution is 2.08. The molecule has 0 aliphatic rings. The van der Waals surface area contributed by atoms with Gasteiger partial charge in [-0.1, -0.05) is 47.6 Å². The molecular weight excluding hydrogens is 272 g/mol. The van der Waals surface area contributed by atoms with Gasteiger partial charge < -0.3 is 0 Å². The Hall–Kier alpha value is -1.96. The van der Waals surface area contributed by atoms with E-state index in [0.717, 1.165) is 36.8 Å². The fourth-order valence-electron chi connectivity index (χ4n) is 1.57. The van der Waals surface area contributed by atoms with Crippen LogP contribution in [0.15, 0.2) is 72.3 Å². The van der Waals surface area contributed by atoms with Gasteiger partial charge in [0.15, 0.2) is 0 Å². The number of allylic oxidation sites excluding steroid dienone is 8. The summed E-state index contributed by atoms with van der Waals surface area (Å²) in [5.74, 6) is 0. The average molecular weight is 302 g/mol. The van der Waals surface area contributed by atoms with Gasteiger partial charge in [0.25, 0.3) is 0 Å². The van der Waals surface area contributed by atoms with Crippen LogP contribution in [-0.2, 0) is 9.78 Å². The van der Waals surface area contributed by atoms with Gasteiger partial charge in [0.05, 0.1) is 0 Å². The number of hydrogen-bond donors (Lipinski definition) is 0. The highest BCUT2D eigenvalue weighted by atomic mass is 17.2. The third-order valence-electron chi connectivity index (χ3n) is 2.81. The van der Waals surface area contributed by atoms with Crippen LogP contribution < -0.4 is 0 Å². The molecule has 0 aromatic heterocycles. The van der Waals surface area contributed by atoms with E-state index in [9.17, 15) is 0 Å². The Morgan fingerprint density at radius 1 is 0.727 bits per heavy atom. The highest BCUT2D eigenvalue weighted by Gasteiger charge is 1.89. The summed E-state index contributed by atoms with van der Waals surface area (Å²) in [6.45, 7) is 16.3. The van der Waals surface area contributed by atoms with E-state index >= 15 is 0 Å². The molecule has 0 unspecified atom stereocenters. The lowest BCUT2D eigenvalue weighted by Crippen LogP contribution is -1.81. The first kappa shape index (κ1) is 20.0. The summed E-state index contributed by atoms with van der Waals surface area (Å²) < 4.78 is 0. The zero-order chi connectivity index (χ0) is 16.8. The normalized spacial score (nSPS) is 10.5. The lowest BCUT2D eigenvalue weighted by Gasteiger charge is -1.99. The van der Waals surface area contributed by atoms with Crippen molar-refractivity contribution >= 4 is 0 Å². The Bertz CT molecular complexity index is 410. The average Bonchev–Trinajstić information content (AvgIpc) is 2.41. The molecule has 0 heterocycles. The summed E-state index contributed by atoms with van der Waals surface area (Å²) in [7, 11) is 0. The van der Waals surface area contributed by atoms with Crippen LogP contribution in [0.5, 0.6) is 0 Å². The van der Waals surface area contributed by atoms with E-state index < -0.39 is 0 Å².